The van der Waals surface area contributed by atoms with Gasteiger partial charge in [0.15, 0.2) is 0 Å². The SMILES string of the molecule is C=C(/C=C\C=C/C)Cc1nc(C(=O)N[C@H]2CCc3nn(C)cc3NC2=O)n[nH]1. The number of carbonyl (C=O) groups excluding carboxylic acids is 2. The summed E-state index contributed by atoms with van der Waals surface area (Å²) in [5, 5.41) is 16.5. The van der Waals surface area contributed by atoms with Gasteiger partial charge in [0.05, 0.1) is 11.4 Å². The van der Waals surface area contributed by atoms with Crippen molar-refractivity contribution in [2.75, 3.05) is 5.32 Å². The lowest BCUT2D eigenvalue weighted by atomic mass is 10.1. The van der Waals surface area contributed by atoms with Crippen molar-refractivity contribution < 1.29 is 9.59 Å². The Labute approximate surface area is 162 Å². The minimum Gasteiger partial charge on any atom is -0.337 e. The number of hydrogen-bond acceptors (Lipinski definition) is 5. The molecule has 0 bridgehead atoms. The molecular weight excluding hydrogens is 358 g/mol. The van der Waals surface area contributed by atoms with Crippen LogP contribution in [0.1, 0.15) is 35.5 Å². The predicted molar refractivity (Wildman–Crippen MR) is 105 cm³/mol. The van der Waals surface area contributed by atoms with E-state index < -0.39 is 11.9 Å². The molecule has 1 aliphatic rings. The number of nitrogens with zero attached hydrogens (tertiary/aromatic N) is 4. The first-order valence-electron chi connectivity index (χ1n) is 8.99. The molecule has 1 aliphatic heterocycles. The fourth-order valence-electron chi connectivity index (χ4n) is 2.87. The highest BCUT2D eigenvalue weighted by Crippen LogP contribution is 2.20. The molecular formula is C19H23N7O2. The van der Waals surface area contributed by atoms with Gasteiger partial charge in [0.1, 0.15) is 11.9 Å². The van der Waals surface area contributed by atoms with E-state index in [1.54, 1.807) is 17.9 Å². The highest BCUT2D eigenvalue weighted by atomic mass is 16.2. The Balaban J connectivity index is 1.59. The summed E-state index contributed by atoms with van der Waals surface area (Å²) in [6.07, 6.45) is 10.8. The van der Waals surface area contributed by atoms with Crippen LogP contribution in [-0.4, -0.2) is 42.8 Å². The number of aromatic nitrogens is 5. The van der Waals surface area contributed by atoms with Gasteiger partial charge in [0.2, 0.25) is 11.7 Å². The standard InChI is InChI=1S/C19H23N7O2/c1-4-5-6-7-12(2)10-16-22-17(24-23-16)19(28)20-14-9-8-13-15(21-18(14)27)11-26(3)25-13/h4-7,11,14H,2,8-10H2,1,3H3,(H,20,28)(H,21,27)(H,22,23,24)/b5-4-,7-6-/t14-/m0/s1. The quantitative estimate of drug-likeness (QED) is 0.655. The molecule has 146 valence electrons. The van der Waals surface area contributed by atoms with Gasteiger partial charge in [0.25, 0.3) is 5.91 Å². The number of hydrogen-bond donors (Lipinski definition) is 3. The monoisotopic (exact) mass is 381 g/mol. The maximum absolute atomic E-state index is 12.4. The molecule has 0 radical (unpaired) electrons. The molecule has 2 amide bonds. The Kier molecular flexibility index (Phi) is 5.83. The van der Waals surface area contributed by atoms with E-state index in [-0.39, 0.29) is 11.7 Å². The van der Waals surface area contributed by atoms with E-state index >= 15 is 0 Å². The number of nitrogens with one attached hydrogen (secondary N) is 3. The Hall–Kier alpha value is -3.49. The average Bonchev–Trinajstić information content (AvgIpc) is 3.21. The Morgan fingerprint density at radius 1 is 1.46 bits per heavy atom. The van der Waals surface area contributed by atoms with Crippen LogP contribution in [0.5, 0.6) is 0 Å². The molecule has 0 spiro atoms. The van der Waals surface area contributed by atoms with E-state index in [2.05, 4.69) is 37.5 Å². The zero-order valence-electron chi connectivity index (χ0n) is 15.9. The van der Waals surface area contributed by atoms with Gasteiger partial charge >= 0.3 is 0 Å². The fourth-order valence-corrected chi connectivity index (χ4v) is 2.87. The van der Waals surface area contributed by atoms with Crippen molar-refractivity contribution in [3.8, 4) is 0 Å². The maximum Gasteiger partial charge on any atom is 0.291 e. The molecule has 2 aromatic heterocycles. The number of aryl methyl sites for hydroxylation is 2. The first-order valence-corrected chi connectivity index (χ1v) is 8.99. The van der Waals surface area contributed by atoms with Crippen LogP contribution >= 0.6 is 0 Å². The van der Waals surface area contributed by atoms with Crippen molar-refractivity contribution in [1.82, 2.24) is 30.3 Å². The lowest BCUT2D eigenvalue weighted by molar-refractivity contribution is -0.118. The van der Waals surface area contributed by atoms with Crippen molar-refractivity contribution in [1.29, 1.82) is 0 Å². The maximum atomic E-state index is 12.4. The number of fused-ring (bicyclic) bond motifs is 1. The van der Waals surface area contributed by atoms with Gasteiger partial charge in [0, 0.05) is 19.7 Å². The number of allylic oxidation sites excluding steroid dienone is 5. The normalized spacial score (nSPS) is 16.8. The molecule has 0 unspecified atom stereocenters. The molecule has 0 aromatic carbocycles. The minimum absolute atomic E-state index is 0.00577. The lowest BCUT2D eigenvalue weighted by Gasteiger charge is -2.13. The third-order valence-corrected chi connectivity index (χ3v) is 4.22. The van der Waals surface area contributed by atoms with E-state index in [0.29, 0.717) is 30.8 Å². The van der Waals surface area contributed by atoms with Gasteiger partial charge in [-0.2, -0.15) is 5.10 Å². The zero-order valence-corrected chi connectivity index (χ0v) is 15.9. The second-order valence-electron chi connectivity index (χ2n) is 6.54. The van der Waals surface area contributed by atoms with Gasteiger partial charge in [-0.1, -0.05) is 30.9 Å². The second kappa shape index (κ2) is 8.47. The third kappa shape index (κ3) is 4.61. The molecule has 9 nitrogen and oxygen atoms in total. The summed E-state index contributed by atoms with van der Waals surface area (Å²) in [6, 6.07) is -0.673. The Bertz CT molecular complexity index is 951. The summed E-state index contributed by atoms with van der Waals surface area (Å²) in [6.45, 7) is 5.87. The predicted octanol–water partition coefficient (Wildman–Crippen LogP) is 1.45. The van der Waals surface area contributed by atoms with Crippen LogP contribution in [-0.2, 0) is 24.7 Å². The highest BCUT2D eigenvalue weighted by Gasteiger charge is 2.28. The smallest absolute Gasteiger partial charge is 0.291 e. The third-order valence-electron chi connectivity index (χ3n) is 4.22. The number of anilines is 1. The number of carbonyl (C=O) groups is 2. The molecule has 0 aliphatic carbocycles. The van der Waals surface area contributed by atoms with Gasteiger partial charge in [-0.15, -0.1) is 5.10 Å². The molecule has 28 heavy (non-hydrogen) atoms. The van der Waals surface area contributed by atoms with E-state index in [1.165, 1.54) is 0 Å². The Morgan fingerprint density at radius 2 is 2.29 bits per heavy atom. The summed E-state index contributed by atoms with van der Waals surface area (Å²) < 4.78 is 1.65. The topological polar surface area (TPSA) is 118 Å². The van der Waals surface area contributed by atoms with Crippen LogP contribution in [0.3, 0.4) is 0 Å². The second-order valence-corrected chi connectivity index (χ2v) is 6.54. The van der Waals surface area contributed by atoms with Gasteiger partial charge in [-0.25, -0.2) is 4.98 Å². The van der Waals surface area contributed by atoms with Gasteiger partial charge in [-0.05, 0) is 25.3 Å². The molecule has 1 atom stereocenters. The van der Waals surface area contributed by atoms with Crippen LogP contribution in [0, 0.1) is 0 Å². The molecule has 0 saturated carbocycles. The van der Waals surface area contributed by atoms with Crippen molar-refractivity contribution in [3.05, 3.63) is 60.0 Å². The van der Waals surface area contributed by atoms with E-state index in [0.717, 1.165) is 11.3 Å². The van der Waals surface area contributed by atoms with Crippen LogP contribution in [0.4, 0.5) is 5.69 Å². The largest absolute Gasteiger partial charge is 0.337 e. The van der Waals surface area contributed by atoms with Crippen LogP contribution < -0.4 is 10.6 Å². The summed E-state index contributed by atoms with van der Waals surface area (Å²) >= 11 is 0. The minimum atomic E-state index is -0.673. The Morgan fingerprint density at radius 3 is 3.07 bits per heavy atom. The van der Waals surface area contributed by atoms with E-state index in [1.807, 2.05) is 31.2 Å². The van der Waals surface area contributed by atoms with Crippen molar-refractivity contribution >= 4 is 17.5 Å². The summed E-state index contributed by atoms with van der Waals surface area (Å²) in [5.41, 5.74) is 2.31. The molecule has 3 heterocycles. The van der Waals surface area contributed by atoms with E-state index in [4.69, 9.17) is 0 Å². The lowest BCUT2D eigenvalue weighted by Crippen LogP contribution is -2.43. The first-order chi connectivity index (χ1) is 13.5. The number of amides is 2. The summed E-state index contributed by atoms with van der Waals surface area (Å²) in [5.74, 6) is -0.257. The molecule has 3 N–H and O–H groups in total. The molecule has 9 heteroatoms. The van der Waals surface area contributed by atoms with E-state index in [9.17, 15) is 9.59 Å². The average molecular weight is 381 g/mol. The number of aromatic amines is 1. The number of rotatable bonds is 6. The van der Waals surface area contributed by atoms with Crippen LogP contribution in [0.15, 0.2) is 42.7 Å². The molecule has 2 aromatic rings. The van der Waals surface area contributed by atoms with Crippen LogP contribution in [0.2, 0.25) is 0 Å². The number of H-pyrrole nitrogens is 1. The molecule has 0 fully saturated rings. The fraction of sp³-hybridized carbons (Fsp3) is 0.316. The van der Waals surface area contributed by atoms with Crippen molar-refractivity contribution in [3.63, 3.8) is 0 Å². The molecule has 0 saturated heterocycles. The highest BCUT2D eigenvalue weighted by molar-refractivity contribution is 6.00. The van der Waals surface area contributed by atoms with Gasteiger partial charge < -0.3 is 10.6 Å². The van der Waals surface area contributed by atoms with Crippen molar-refractivity contribution in [2.24, 2.45) is 7.05 Å². The first kappa shape index (κ1) is 19.3. The van der Waals surface area contributed by atoms with Gasteiger partial charge in [-0.3, -0.25) is 19.4 Å². The summed E-state index contributed by atoms with van der Waals surface area (Å²) in [7, 11) is 1.80. The summed E-state index contributed by atoms with van der Waals surface area (Å²) in [4.78, 5) is 29.0. The zero-order chi connectivity index (χ0) is 20.1. The molecule has 3 rings (SSSR count). The van der Waals surface area contributed by atoms with Crippen LogP contribution in [0.25, 0.3) is 0 Å². The van der Waals surface area contributed by atoms with Crippen molar-refractivity contribution in [2.45, 2.75) is 32.2 Å².